The van der Waals surface area contributed by atoms with Gasteiger partial charge >= 0.3 is 0 Å². The van der Waals surface area contributed by atoms with Crippen molar-refractivity contribution in [1.29, 1.82) is 0 Å². The van der Waals surface area contributed by atoms with Crippen LogP contribution in [-0.2, 0) is 9.53 Å². The highest BCUT2D eigenvalue weighted by Crippen LogP contribution is 2.27. The molecule has 1 amide bonds. The third kappa shape index (κ3) is 1.42. The number of rotatable bonds is 1. The molecule has 1 unspecified atom stereocenters. The number of carbonyl (C=O) groups is 1. The maximum Gasteiger partial charge on any atom is 0.294 e. The molecule has 1 aromatic carbocycles. The third-order valence-electron chi connectivity index (χ3n) is 1.79. The molecule has 1 atom stereocenters. The first-order valence-corrected chi connectivity index (χ1v) is 4.13. The van der Waals surface area contributed by atoms with Crippen LogP contribution in [0, 0.1) is 0 Å². The Kier molecular flexibility index (Phi) is 2.02. The van der Waals surface area contributed by atoms with E-state index in [9.17, 15) is 4.79 Å². The van der Waals surface area contributed by atoms with E-state index in [1.807, 2.05) is 0 Å². The summed E-state index contributed by atoms with van der Waals surface area (Å²) in [6.45, 7) is 0. The predicted molar refractivity (Wildman–Crippen MR) is 48.8 cm³/mol. The molecule has 1 heterocycles. The second-order valence-corrected chi connectivity index (χ2v) is 3.02. The molecular formula is C9H6ClNO2. The van der Waals surface area contributed by atoms with Crippen molar-refractivity contribution >= 4 is 23.9 Å². The number of amides is 1. The lowest BCUT2D eigenvalue weighted by molar-refractivity contribution is -0.122. The van der Waals surface area contributed by atoms with E-state index < -0.39 is 6.10 Å². The molecule has 0 saturated carbocycles. The fourth-order valence-electron chi connectivity index (χ4n) is 1.16. The zero-order chi connectivity index (χ0) is 9.26. The van der Waals surface area contributed by atoms with Crippen molar-refractivity contribution in [1.82, 2.24) is 0 Å². The molecule has 66 valence electrons. The molecule has 1 aliphatic rings. The van der Waals surface area contributed by atoms with Gasteiger partial charge in [0.1, 0.15) is 0 Å². The largest absolute Gasteiger partial charge is 0.465 e. The number of ether oxygens (including phenoxy) is 1. The van der Waals surface area contributed by atoms with Crippen LogP contribution in [0.2, 0.25) is 5.02 Å². The second-order valence-electron chi connectivity index (χ2n) is 2.61. The summed E-state index contributed by atoms with van der Waals surface area (Å²) < 4.78 is 5.01. The first-order chi connectivity index (χ1) is 6.29. The minimum atomic E-state index is -0.659. The quantitative estimate of drug-likeness (QED) is 0.687. The van der Waals surface area contributed by atoms with Crippen LogP contribution in [-0.4, -0.2) is 12.3 Å². The minimum Gasteiger partial charge on any atom is -0.465 e. The number of nitrogens with zero attached hydrogens (tertiary/aromatic N) is 1. The van der Waals surface area contributed by atoms with Gasteiger partial charge in [0.25, 0.3) is 5.91 Å². The van der Waals surface area contributed by atoms with Gasteiger partial charge in [-0.3, -0.25) is 4.79 Å². The summed E-state index contributed by atoms with van der Waals surface area (Å²) in [7, 11) is 0. The molecule has 0 spiro atoms. The van der Waals surface area contributed by atoms with Gasteiger partial charge in [-0.25, -0.2) is 0 Å². The second kappa shape index (κ2) is 3.18. The molecule has 0 N–H and O–H groups in total. The zero-order valence-electron chi connectivity index (χ0n) is 6.61. The smallest absolute Gasteiger partial charge is 0.294 e. The summed E-state index contributed by atoms with van der Waals surface area (Å²) in [5.41, 5.74) is 0.659. The van der Waals surface area contributed by atoms with E-state index in [1.165, 1.54) is 0 Å². The maximum atomic E-state index is 11.1. The number of carbonyl (C=O) groups excluding carboxylic acids is 1. The molecule has 0 aromatic heterocycles. The monoisotopic (exact) mass is 195 g/mol. The fraction of sp³-hybridized carbons (Fsp3) is 0.111. The first-order valence-electron chi connectivity index (χ1n) is 3.75. The van der Waals surface area contributed by atoms with Gasteiger partial charge in [-0.15, -0.1) is 0 Å². The molecule has 1 aliphatic heterocycles. The summed E-state index contributed by atoms with van der Waals surface area (Å²) in [5, 5.41) is 0.520. The number of halogens is 1. The molecule has 0 aliphatic carbocycles. The Morgan fingerprint density at radius 3 is 2.77 bits per heavy atom. The Labute approximate surface area is 80.0 Å². The molecule has 13 heavy (non-hydrogen) atoms. The SMILES string of the molecule is O=C1N=COC1c1ccccc1Cl. The van der Waals surface area contributed by atoms with Gasteiger partial charge in [-0.05, 0) is 6.07 Å². The average molecular weight is 196 g/mol. The van der Waals surface area contributed by atoms with E-state index in [2.05, 4.69) is 4.99 Å². The normalized spacial score (nSPS) is 20.4. The van der Waals surface area contributed by atoms with Crippen LogP contribution >= 0.6 is 11.6 Å². The van der Waals surface area contributed by atoms with Gasteiger partial charge in [-0.2, -0.15) is 4.99 Å². The highest BCUT2D eigenvalue weighted by molar-refractivity contribution is 6.31. The van der Waals surface area contributed by atoms with Gasteiger partial charge < -0.3 is 4.74 Å². The fourth-order valence-corrected chi connectivity index (χ4v) is 1.40. The van der Waals surface area contributed by atoms with Crippen molar-refractivity contribution in [2.75, 3.05) is 0 Å². The maximum absolute atomic E-state index is 11.1. The van der Waals surface area contributed by atoms with Gasteiger partial charge in [0.05, 0.1) is 0 Å². The standard InChI is InChI=1S/C9H6ClNO2/c10-7-4-2-1-3-6(7)8-9(12)11-5-13-8/h1-5,8H. The molecule has 0 bridgehead atoms. The van der Waals surface area contributed by atoms with Crippen molar-refractivity contribution in [3.8, 4) is 0 Å². The summed E-state index contributed by atoms with van der Waals surface area (Å²) in [6.07, 6.45) is 0.491. The highest BCUT2D eigenvalue weighted by atomic mass is 35.5. The minimum absolute atomic E-state index is 0.312. The van der Waals surface area contributed by atoms with E-state index in [0.29, 0.717) is 10.6 Å². The van der Waals surface area contributed by atoms with Crippen LogP contribution in [0.1, 0.15) is 11.7 Å². The van der Waals surface area contributed by atoms with Gasteiger partial charge in [0.2, 0.25) is 6.10 Å². The summed E-state index contributed by atoms with van der Waals surface area (Å²) in [6, 6.07) is 7.06. The number of benzene rings is 1. The lowest BCUT2D eigenvalue weighted by Crippen LogP contribution is -2.06. The topological polar surface area (TPSA) is 38.7 Å². The van der Waals surface area contributed by atoms with Crippen LogP contribution in [0.3, 0.4) is 0 Å². The molecule has 4 heteroatoms. The van der Waals surface area contributed by atoms with Gasteiger partial charge in [-0.1, -0.05) is 29.8 Å². The Morgan fingerprint density at radius 1 is 1.38 bits per heavy atom. The Hall–Kier alpha value is -1.35. The number of hydrogen-bond acceptors (Lipinski definition) is 2. The summed E-state index contributed by atoms with van der Waals surface area (Å²) >= 11 is 5.88. The van der Waals surface area contributed by atoms with Crippen molar-refractivity contribution in [3.05, 3.63) is 34.9 Å². The first kappa shape index (κ1) is 8.26. The van der Waals surface area contributed by atoms with Crippen LogP contribution in [0.5, 0.6) is 0 Å². The van der Waals surface area contributed by atoms with Crippen LogP contribution in [0.15, 0.2) is 29.3 Å². The Morgan fingerprint density at radius 2 is 2.15 bits per heavy atom. The highest BCUT2D eigenvalue weighted by Gasteiger charge is 2.26. The molecule has 3 nitrogen and oxygen atoms in total. The van der Waals surface area contributed by atoms with Crippen LogP contribution < -0.4 is 0 Å². The third-order valence-corrected chi connectivity index (χ3v) is 2.13. The molecular weight excluding hydrogens is 190 g/mol. The van der Waals surface area contributed by atoms with E-state index in [0.717, 1.165) is 6.40 Å². The Bertz CT molecular complexity index is 376. The lowest BCUT2D eigenvalue weighted by Gasteiger charge is -2.08. The van der Waals surface area contributed by atoms with E-state index in [1.54, 1.807) is 24.3 Å². The number of aliphatic imine (C=N–C) groups is 1. The zero-order valence-corrected chi connectivity index (χ0v) is 7.36. The molecule has 2 rings (SSSR count). The van der Waals surface area contributed by atoms with Gasteiger partial charge in [0.15, 0.2) is 6.40 Å². The van der Waals surface area contributed by atoms with Gasteiger partial charge in [0, 0.05) is 10.6 Å². The summed E-state index contributed by atoms with van der Waals surface area (Å²) in [4.78, 5) is 14.6. The predicted octanol–water partition coefficient (Wildman–Crippen LogP) is 1.97. The van der Waals surface area contributed by atoms with E-state index >= 15 is 0 Å². The average Bonchev–Trinajstić information content (AvgIpc) is 2.52. The van der Waals surface area contributed by atoms with Crippen LogP contribution in [0.25, 0.3) is 0 Å². The van der Waals surface area contributed by atoms with Crippen molar-refractivity contribution < 1.29 is 9.53 Å². The lowest BCUT2D eigenvalue weighted by atomic mass is 10.1. The van der Waals surface area contributed by atoms with E-state index in [-0.39, 0.29) is 5.91 Å². The molecule has 0 saturated heterocycles. The molecule has 0 fully saturated rings. The van der Waals surface area contributed by atoms with Crippen molar-refractivity contribution in [3.63, 3.8) is 0 Å². The van der Waals surface area contributed by atoms with Crippen molar-refractivity contribution in [2.24, 2.45) is 4.99 Å². The molecule has 1 aromatic rings. The van der Waals surface area contributed by atoms with Crippen LogP contribution in [0.4, 0.5) is 0 Å². The Balaban J connectivity index is 2.36. The molecule has 0 radical (unpaired) electrons. The summed E-state index contributed by atoms with van der Waals surface area (Å²) in [5.74, 6) is -0.312. The van der Waals surface area contributed by atoms with E-state index in [4.69, 9.17) is 16.3 Å². The van der Waals surface area contributed by atoms with Crippen molar-refractivity contribution in [2.45, 2.75) is 6.10 Å². The number of hydrogen-bond donors (Lipinski definition) is 0.